The molecule has 0 aromatic heterocycles. The summed E-state index contributed by atoms with van der Waals surface area (Å²) in [5.74, 6) is 0.303. The fourth-order valence-corrected chi connectivity index (χ4v) is 4.43. The van der Waals surface area contributed by atoms with Gasteiger partial charge in [0.25, 0.3) is 0 Å². The zero-order valence-electron chi connectivity index (χ0n) is 13.2. The zero-order valence-corrected chi connectivity index (χ0v) is 14.0. The van der Waals surface area contributed by atoms with Crippen LogP contribution < -0.4 is 0 Å². The van der Waals surface area contributed by atoms with E-state index in [0.717, 1.165) is 65.3 Å². The van der Waals surface area contributed by atoms with Crippen LogP contribution in [-0.2, 0) is 14.8 Å². The van der Waals surface area contributed by atoms with Crippen LogP contribution in [0, 0.1) is 0 Å². The molecule has 0 N–H and O–H groups in total. The van der Waals surface area contributed by atoms with Crippen molar-refractivity contribution in [3.8, 4) is 0 Å². The number of rotatable bonds is 7. The van der Waals surface area contributed by atoms with E-state index in [1.165, 1.54) is 0 Å². The van der Waals surface area contributed by atoms with Crippen molar-refractivity contribution in [1.82, 2.24) is 14.1 Å². The average molecular weight is 319 g/mol. The summed E-state index contributed by atoms with van der Waals surface area (Å²) in [5, 5.41) is 0. The van der Waals surface area contributed by atoms with E-state index in [1.807, 2.05) is 6.92 Å². The van der Waals surface area contributed by atoms with Crippen LogP contribution in [-0.4, -0.2) is 93.8 Å². The van der Waals surface area contributed by atoms with Gasteiger partial charge in [0.1, 0.15) is 0 Å². The first-order chi connectivity index (χ1) is 10.1. The van der Waals surface area contributed by atoms with Crippen molar-refractivity contribution in [2.75, 3.05) is 71.3 Å². The number of ether oxygens (including phenoxy) is 1. The molecule has 2 fully saturated rings. The monoisotopic (exact) mass is 319 g/mol. The predicted molar refractivity (Wildman–Crippen MR) is 84.0 cm³/mol. The average Bonchev–Trinajstić information content (AvgIpc) is 2.52. The van der Waals surface area contributed by atoms with Crippen LogP contribution in [0.25, 0.3) is 0 Å². The molecule has 2 aliphatic rings. The van der Waals surface area contributed by atoms with Gasteiger partial charge in [-0.05, 0) is 6.42 Å². The molecule has 2 rings (SSSR count). The Morgan fingerprint density at radius 1 is 0.905 bits per heavy atom. The Morgan fingerprint density at radius 2 is 1.48 bits per heavy atom. The lowest BCUT2D eigenvalue weighted by Gasteiger charge is -2.35. The maximum Gasteiger partial charge on any atom is 0.214 e. The highest BCUT2D eigenvalue weighted by Crippen LogP contribution is 2.10. The van der Waals surface area contributed by atoms with Crippen molar-refractivity contribution in [2.45, 2.75) is 19.8 Å². The molecular formula is C14H29N3O3S. The van der Waals surface area contributed by atoms with Gasteiger partial charge in [-0.2, -0.15) is 4.31 Å². The molecule has 0 atom stereocenters. The van der Waals surface area contributed by atoms with Gasteiger partial charge in [0.15, 0.2) is 0 Å². The van der Waals surface area contributed by atoms with Crippen LogP contribution >= 0.6 is 0 Å². The number of sulfonamides is 1. The number of hydrogen-bond donors (Lipinski definition) is 0. The van der Waals surface area contributed by atoms with E-state index < -0.39 is 10.0 Å². The molecule has 21 heavy (non-hydrogen) atoms. The molecule has 2 saturated heterocycles. The van der Waals surface area contributed by atoms with Crippen LogP contribution in [0.1, 0.15) is 19.8 Å². The minimum absolute atomic E-state index is 0.303. The summed E-state index contributed by atoms with van der Waals surface area (Å²) in [5.41, 5.74) is 0. The second kappa shape index (κ2) is 8.43. The lowest BCUT2D eigenvalue weighted by molar-refractivity contribution is 0.0317. The molecule has 0 aliphatic carbocycles. The standard InChI is InChI=1S/C14H29N3O3S/c1-2-3-14-21(18,19)17-8-6-15(7-9-17)4-5-16-10-12-20-13-11-16/h2-14H2,1H3. The molecule has 0 unspecified atom stereocenters. The first kappa shape index (κ1) is 17.1. The molecule has 0 aromatic carbocycles. The molecule has 124 valence electrons. The van der Waals surface area contributed by atoms with Crippen LogP contribution in [0.2, 0.25) is 0 Å². The smallest absolute Gasteiger partial charge is 0.214 e. The van der Waals surface area contributed by atoms with Gasteiger partial charge in [-0.1, -0.05) is 13.3 Å². The number of nitrogens with zero attached hydrogens (tertiary/aromatic N) is 3. The van der Waals surface area contributed by atoms with E-state index in [2.05, 4.69) is 9.80 Å². The molecule has 0 saturated carbocycles. The molecular weight excluding hydrogens is 290 g/mol. The summed E-state index contributed by atoms with van der Waals surface area (Å²) in [6.07, 6.45) is 1.69. The van der Waals surface area contributed by atoms with E-state index in [4.69, 9.17) is 4.74 Å². The van der Waals surface area contributed by atoms with E-state index >= 15 is 0 Å². The first-order valence-corrected chi connectivity index (χ1v) is 9.73. The Balaban J connectivity index is 1.68. The zero-order chi connectivity index (χ0) is 15.1. The van der Waals surface area contributed by atoms with Gasteiger partial charge in [-0.25, -0.2) is 8.42 Å². The largest absolute Gasteiger partial charge is 0.379 e. The third-order valence-electron chi connectivity index (χ3n) is 4.32. The number of hydrogen-bond acceptors (Lipinski definition) is 5. The topological polar surface area (TPSA) is 53.1 Å². The van der Waals surface area contributed by atoms with Gasteiger partial charge in [-0.15, -0.1) is 0 Å². The Bertz CT molecular complexity index is 388. The highest BCUT2D eigenvalue weighted by atomic mass is 32.2. The van der Waals surface area contributed by atoms with Crippen LogP contribution in [0.4, 0.5) is 0 Å². The third kappa shape index (κ3) is 5.49. The van der Waals surface area contributed by atoms with Crippen molar-refractivity contribution in [3.63, 3.8) is 0 Å². The van der Waals surface area contributed by atoms with E-state index in [0.29, 0.717) is 18.8 Å². The van der Waals surface area contributed by atoms with Crippen LogP contribution in [0.3, 0.4) is 0 Å². The highest BCUT2D eigenvalue weighted by molar-refractivity contribution is 7.89. The first-order valence-electron chi connectivity index (χ1n) is 8.12. The Hall–Kier alpha value is -0.210. The minimum atomic E-state index is -3.02. The third-order valence-corrected chi connectivity index (χ3v) is 6.27. The van der Waals surface area contributed by atoms with Gasteiger partial charge < -0.3 is 4.74 Å². The number of unbranched alkanes of at least 4 members (excludes halogenated alkanes) is 1. The SMILES string of the molecule is CCCCS(=O)(=O)N1CCN(CCN2CCOCC2)CC1. The van der Waals surface area contributed by atoms with Crippen LogP contribution in [0.15, 0.2) is 0 Å². The van der Waals surface area contributed by atoms with E-state index in [1.54, 1.807) is 4.31 Å². The number of morpholine rings is 1. The predicted octanol–water partition coefficient (Wildman–Crippen LogP) is 0.0661. The van der Waals surface area contributed by atoms with Gasteiger partial charge in [0.2, 0.25) is 10.0 Å². The summed E-state index contributed by atoms with van der Waals surface area (Å²) in [7, 11) is -3.02. The maximum absolute atomic E-state index is 12.1. The van der Waals surface area contributed by atoms with Gasteiger partial charge in [0.05, 0.1) is 19.0 Å². The van der Waals surface area contributed by atoms with Crippen LogP contribution in [0.5, 0.6) is 0 Å². The fourth-order valence-electron chi connectivity index (χ4n) is 2.79. The Morgan fingerprint density at radius 3 is 2.05 bits per heavy atom. The summed E-state index contributed by atoms with van der Waals surface area (Å²) < 4.78 is 31.3. The summed E-state index contributed by atoms with van der Waals surface area (Å²) in [4.78, 5) is 4.80. The molecule has 0 aromatic rings. The normalized spacial score (nSPS) is 23.5. The van der Waals surface area contributed by atoms with Crippen molar-refractivity contribution in [2.24, 2.45) is 0 Å². The molecule has 2 heterocycles. The summed E-state index contributed by atoms with van der Waals surface area (Å²) in [6.45, 7) is 10.8. The van der Waals surface area contributed by atoms with Crippen molar-refractivity contribution >= 4 is 10.0 Å². The molecule has 0 radical (unpaired) electrons. The molecule has 0 amide bonds. The second-order valence-corrected chi connectivity index (χ2v) is 7.95. The Labute approximate surface area is 129 Å². The van der Waals surface area contributed by atoms with E-state index in [-0.39, 0.29) is 0 Å². The minimum Gasteiger partial charge on any atom is -0.379 e. The van der Waals surface area contributed by atoms with Gasteiger partial charge in [0, 0.05) is 52.4 Å². The van der Waals surface area contributed by atoms with E-state index in [9.17, 15) is 8.42 Å². The highest BCUT2D eigenvalue weighted by Gasteiger charge is 2.26. The van der Waals surface area contributed by atoms with Gasteiger partial charge in [-0.3, -0.25) is 9.80 Å². The van der Waals surface area contributed by atoms with Crippen molar-refractivity contribution in [3.05, 3.63) is 0 Å². The van der Waals surface area contributed by atoms with Crippen molar-refractivity contribution < 1.29 is 13.2 Å². The molecule has 0 bridgehead atoms. The maximum atomic E-state index is 12.1. The molecule has 7 heteroatoms. The lowest BCUT2D eigenvalue weighted by Crippen LogP contribution is -2.51. The Kier molecular flexibility index (Phi) is 6.88. The summed E-state index contributed by atoms with van der Waals surface area (Å²) in [6, 6.07) is 0. The fraction of sp³-hybridized carbons (Fsp3) is 1.00. The van der Waals surface area contributed by atoms with Gasteiger partial charge >= 0.3 is 0 Å². The summed E-state index contributed by atoms with van der Waals surface area (Å²) >= 11 is 0. The number of piperazine rings is 1. The second-order valence-electron chi connectivity index (χ2n) is 5.86. The quantitative estimate of drug-likeness (QED) is 0.664. The molecule has 6 nitrogen and oxygen atoms in total. The van der Waals surface area contributed by atoms with Crippen molar-refractivity contribution in [1.29, 1.82) is 0 Å². The lowest BCUT2D eigenvalue weighted by atomic mass is 10.3. The molecule has 0 spiro atoms. The molecule has 2 aliphatic heterocycles.